The van der Waals surface area contributed by atoms with E-state index in [1.165, 1.54) is 31.3 Å². The fourth-order valence-corrected chi connectivity index (χ4v) is 10.0. The van der Waals surface area contributed by atoms with Crippen LogP contribution in [0, 0.1) is 13.8 Å². The van der Waals surface area contributed by atoms with Crippen molar-refractivity contribution < 1.29 is 9.53 Å². The molecule has 1 saturated heterocycles. The molecule has 1 saturated carbocycles. The van der Waals surface area contributed by atoms with Crippen molar-refractivity contribution in [3.8, 4) is 5.75 Å². The molecule has 4 heteroatoms. The summed E-state index contributed by atoms with van der Waals surface area (Å²) in [5, 5.41) is 3.30. The largest absolute Gasteiger partial charge is 0.497 e. The molecule has 1 aromatic carbocycles. The van der Waals surface area contributed by atoms with E-state index in [1.54, 1.807) is 7.11 Å². The number of rotatable bonds is 5. The van der Waals surface area contributed by atoms with Crippen LogP contribution in [0.2, 0.25) is 0 Å². The van der Waals surface area contributed by atoms with Gasteiger partial charge < -0.3 is 10.1 Å². The molecule has 126 valence electrons. The first-order valence-electron chi connectivity index (χ1n) is 8.81. The first-order chi connectivity index (χ1) is 11.0. The Hall–Kier alpha value is -1.08. The van der Waals surface area contributed by atoms with E-state index in [9.17, 15) is 4.79 Å². The maximum absolute atomic E-state index is 13.2. The van der Waals surface area contributed by atoms with Crippen molar-refractivity contribution in [2.75, 3.05) is 30.9 Å². The first-order valence-corrected chi connectivity index (χ1v) is 11.2. The van der Waals surface area contributed by atoms with Crippen molar-refractivity contribution in [2.45, 2.75) is 51.6 Å². The highest BCUT2D eigenvalue weighted by Crippen LogP contribution is 2.80. The van der Waals surface area contributed by atoms with Crippen molar-refractivity contribution in [1.82, 2.24) is 0 Å². The maximum atomic E-state index is 13.2. The Morgan fingerprint density at radius 3 is 2.22 bits per heavy atom. The third-order valence-electron chi connectivity index (χ3n) is 6.06. The van der Waals surface area contributed by atoms with Crippen molar-refractivity contribution >= 4 is 18.9 Å². The van der Waals surface area contributed by atoms with Crippen LogP contribution in [0.5, 0.6) is 5.75 Å². The van der Waals surface area contributed by atoms with Gasteiger partial charge in [-0.05, 0) is 56.9 Å². The van der Waals surface area contributed by atoms with Crippen LogP contribution in [0.4, 0.5) is 5.69 Å². The second-order valence-corrected chi connectivity index (χ2v) is 11.9. The predicted octanol–water partition coefficient (Wildman–Crippen LogP) is 4.61. The Morgan fingerprint density at radius 1 is 1.22 bits per heavy atom. The second-order valence-electron chi connectivity index (χ2n) is 7.24. The molecular weight excluding hydrogens is 305 g/mol. The molecule has 1 aliphatic carbocycles. The van der Waals surface area contributed by atoms with Crippen molar-refractivity contribution in [2.24, 2.45) is 0 Å². The number of nitrogens with one attached hydrogen (secondary N) is 1. The van der Waals surface area contributed by atoms with Gasteiger partial charge in [0.25, 0.3) is 5.91 Å². The third-order valence-corrected chi connectivity index (χ3v) is 12.1. The minimum absolute atomic E-state index is 0.00292. The van der Waals surface area contributed by atoms with Crippen LogP contribution in [0.25, 0.3) is 0 Å². The molecule has 2 aliphatic rings. The molecule has 1 amide bonds. The Labute approximate surface area is 140 Å². The normalized spacial score (nSPS) is 21.0. The summed E-state index contributed by atoms with van der Waals surface area (Å²) < 4.78 is 5.32. The van der Waals surface area contributed by atoms with Crippen molar-refractivity contribution in [3.05, 3.63) is 23.3 Å². The van der Waals surface area contributed by atoms with Crippen LogP contribution in [-0.4, -0.2) is 36.7 Å². The Balaban J connectivity index is 1.85. The van der Waals surface area contributed by atoms with Gasteiger partial charge in [-0.1, -0.05) is 0 Å². The number of aryl methyl sites for hydroxylation is 2. The maximum Gasteiger partial charge on any atom is 0.268 e. The molecule has 2 fully saturated rings. The van der Waals surface area contributed by atoms with Gasteiger partial charge in [0.2, 0.25) is 0 Å². The number of amides is 1. The van der Waals surface area contributed by atoms with Crippen LogP contribution < -0.4 is 10.1 Å². The van der Waals surface area contributed by atoms with Gasteiger partial charge in [-0.2, -0.15) is 0 Å². The van der Waals surface area contributed by atoms with E-state index < -0.39 is 7.26 Å². The van der Waals surface area contributed by atoms with E-state index in [4.69, 9.17) is 4.74 Å². The molecule has 0 aromatic heterocycles. The summed E-state index contributed by atoms with van der Waals surface area (Å²) in [6.45, 7) is 6.41. The zero-order chi connectivity index (χ0) is 16.7. The summed E-state index contributed by atoms with van der Waals surface area (Å²) in [6.07, 6.45) is 8.77. The molecule has 1 aromatic rings. The molecule has 0 unspecified atom stereocenters. The summed E-state index contributed by atoms with van der Waals surface area (Å²) in [5.74, 6) is 1.15. The van der Waals surface area contributed by atoms with Crippen molar-refractivity contribution in [3.63, 3.8) is 0 Å². The van der Waals surface area contributed by atoms with Gasteiger partial charge in [0.1, 0.15) is 5.75 Å². The van der Waals surface area contributed by atoms with Gasteiger partial charge in [-0.3, -0.25) is 4.79 Å². The van der Waals surface area contributed by atoms with Gasteiger partial charge in [-0.25, -0.2) is 0 Å². The number of hydrogen-bond acceptors (Lipinski definition) is 2. The van der Waals surface area contributed by atoms with Crippen LogP contribution in [0.3, 0.4) is 0 Å². The standard InChI is InChI=1S/C19H28NO2P/c1-5-23(10-6-7-11-23)19(8-9-19)18(21)20-17-14(2)12-16(22-4)13-15(17)3/h12-13H,5-11H2,1-4H3/p+1. The molecule has 23 heavy (non-hydrogen) atoms. The predicted molar refractivity (Wildman–Crippen MR) is 99.5 cm³/mol. The zero-order valence-electron chi connectivity index (χ0n) is 14.9. The number of benzene rings is 1. The highest BCUT2D eigenvalue weighted by atomic mass is 31.2. The number of carbonyl (C=O) groups excluding carboxylic acids is 1. The molecular formula is C19H29NO2P+. The molecule has 0 bridgehead atoms. The first kappa shape index (κ1) is 16.8. The summed E-state index contributed by atoms with van der Waals surface area (Å²) >= 11 is 0. The molecule has 0 atom stereocenters. The van der Waals surface area contributed by atoms with E-state index >= 15 is 0 Å². The molecule has 0 radical (unpaired) electrons. The van der Waals surface area contributed by atoms with Crippen LogP contribution in [-0.2, 0) is 4.79 Å². The number of hydrogen-bond donors (Lipinski definition) is 1. The lowest BCUT2D eigenvalue weighted by molar-refractivity contribution is -0.116. The molecule has 3 nitrogen and oxygen atoms in total. The molecule has 1 N–H and O–H groups in total. The van der Waals surface area contributed by atoms with Gasteiger partial charge in [-0.15, -0.1) is 0 Å². The zero-order valence-corrected chi connectivity index (χ0v) is 15.8. The highest BCUT2D eigenvalue weighted by molar-refractivity contribution is 7.78. The lowest BCUT2D eigenvalue weighted by atomic mass is 10.1. The summed E-state index contributed by atoms with van der Waals surface area (Å²) in [4.78, 5) is 13.2. The van der Waals surface area contributed by atoms with E-state index in [-0.39, 0.29) is 5.16 Å². The summed E-state index contributed by atoms with van der Waals surface area (Å²) in [7, 11) is 0.587. The number of carbonyl (C=O) groups is 1. The number of ether oxygens (including phenoxy) is 1. The van der Waals surface area contributed by atoms with Crippen LogP contribution in [0.1, 0.15) is 43.7 Å². The lowest BCUT2D eigenvalue weighted by Crippen LogP contribution is -2.34. The second kappa shape index (κ2) is 6.09. The van der Waals surface area contributed by atoms with Gasteiger partial charge in [0, 0.05) is 25.8 Å². The Morgan fingerprint density at radius 2 is 1.78 bits per heavy atom. The monoisotopic (exact) mass is 334 g/mol. The van der Waals surface area contributed by atoms with Gasteiger partial charge in [0.05, 0.1) is 25.6 Å². The lowest BCUT2D eigenvalue weighted by Gasteiger charge is -2.30. The minimum atomic E-state index is -1.09. The van der Waals surface area contributed by atoms with Crippen molar-refractivity contribution in [1.29, 1.82) is 0 Å². The van der Waals surface area contributed by atoms with E-state index in [0.717, 1.165) is 35.4 Å². The van der Waals surface area contributed by atoms with Crippen LogP contribution in [0.15, 0.2) is 12.1 Å². The molecule has 3 rings (SSSR count). The fourth-order valence-electron chi connectivity index (χ4n) is 4.49. The highest BCUT2D eigenvalue weighted by Gasteiger charge is 2.70. The van der Waals surface area contributed by atoms with E-state index in [0.29, 0.717) is 5.91 Å². The molecule has 0 spiro atoms. The molecule has 1 aliphatic heterocycles. The quantitative estimate of drug-likeness (QED) is 0.798. The average molecular weight is 334 g/mol. The van der Waals surface area contributed by atoms with E-state index in [2.05, 4.69) is 12.2 Å². The Bertz CT molecular complexity index is 593. The van der Waals surface area contributed by atoms with Gasteiger partial charge in [0.15, 0.2) is 5.16 Å². The molecule has 1 heterocycles. The number of methoxy groups -OCH3 is 1. The summed E-state index contributed by atoms with van der Waals surface area (Å²) in [5.41, 5.74) is 3.15. The average Bonchev–Trinajstić information content (AvgIpc) is 3.22. The van der Waals surface area contributed by atoms with Gasteiger partial charge >= 0.3 is 0 Å². The van der Waals surface area contributed by atoms with Crippen LogP contribution >= 0.6 is 7.26 Å². The smallest absolute Gasteiger partial charge is 0.268 e. The minimum Gasteiger partial charge on any atom is -0.497 e. The topological polar surface area (TPSA) is 38.3 Å². The SMILES string of the molecule is CC[P+]1(C2(C(=O)Nc3c(C)cc(OC)cc3C)CC2)CCCC1. The summed E-state index contributed by atoms with van der Waals surface area (Å²) in [6, 6.07) is 4.00. The van der Waals surface area contributed by atoms with E-state index in [1.807, 2.05) is 26.0 Å². The Kier molecular flexibility index (Phi) is 4.44. The number of anilines is 1. The fraction of sp³-hybridized carbons (Fsp3) is 0.632. The third kappa shape index (κ3) is 2.67.